The molecular formula is C13H19N5O. The van der Waals surface area contributed by atoms with Crippen molar-refractivity contribution in [1.82, 2.24) is 20.5 Å². The van der Waals surface area contributed by atoms with Crippen LogP contribution in [0.2, 0.25) is 0 Å². The molecule has 0 aliphatic heterocycles. The number of hydrogen-bond donors (Lipinski definition) is 2. The van der Waals surface area contributed by atoms with Crippen LogP contribution in [0, 0.1) is 0 Å². The van der Waals surface area contributed by atoms with E-state index in [1.165, 1.54) is 0 Å². The molecule has 19 heavy (non-hydrogen) atoms. The molecule has 2 heterocycles. The number of pyridine rings is 1. The van der Waals surface area contributed by atoms with Gasteiger partial charge in [0.15, 0.2) is 0 Å². The molecule has 0 aliphatic rings. The van der Waals surface area contributed by atoms with Gasteiger partial charge in [-0.15, -0.1) is 5.10 Å². The fourth-order valence-electron chi connectivity index (χ4n) is 1.61. The van der Waals surface area contributed by atoms with Crippen molar-refractivity contribution in [1.29, 1.82) is 0 Å². The third kappa shape index (κ3) is 4.03. The van der Waals surface area contributed by atoms with E-state index in [-0.39, 0.29) is 6.04 Å². The average molecular weight is 261 g/mol. The van der Waals surface area contributed by atoms with Crippen molar-refractivity contribution in [3.63, 3.8) is 0 Å². The van der Waals surface area contributed by atoms with E-state index in [9.17, 15) is 0 Å². The lowest BCUT2D eigenvalue weighted by Gasteiger charge is -2.07. The molecule has 0 amide bonds. The first-order chi connectivity index (χ1) is 9.29. The summed E-state index contributed by atoms with van der Waals surface area (Å²) in [6.07, 6.45) is 4.59. The maximum atomic E-state index is 5.55. The zero-order valence-corrected chi connectivity index (χ0v) is 11.3. The van der Waals surface area contributed by atoms with Crippen LogP contribution in [0.4, 0.5) is 6.01 Å². The van der Waals surface area contributed by atoms with Crippen molar-refractivity contribution >= 4 is 6.01 Å². The Morgan fingerprint density at radius 1 is 1.26 bits per heavy atom. The SMILES string of the molecule is CCCNC(C)c1nnc(NCc2ccncc2)o1. The van der Waals surface area contributed by atoms with Crippen LogP contribution in [0.3, 0.4) is 0 Å². The highest BCUT2D eigenvalue weighted by Crippen LogP contribution is 2.14. The molecule has 0 radical (unpaired) electrons. The highest BCUT2D eigenvalue weighted by atomic mass is 16.4. The van der Waals surface area contributed by atoms with Gasteiger partial charge in [0.25, 0.3) is 0 Å². The van der Waals surface area contributed by atoms with E-state index >= 15 is 0 Å². The van der Waals surface area contributed by atoms with Gasteiger partial charge < -0.3 is 15.1 Å². The Bertz CT molecular complexity index is 485. The van der Waals surface area contributed by atoms with E-state index in [0.29, 0.717) is 18.5 Å². The minimum Gasteiger partial charge on any atom is -0.406 e. The molecule has 2 N–H and O–H groups in total. The van der Waals surface area contributed by atoms with Crippen LogP contribution in [0.1, 0.15) is 37.8 Å². The summed E-state index contributed by atoms with van der Waals surface area (Å²) in [4.78, 5) is 3.97. The minimum atomic E-state index is 0.0731. The number of anilines is 1. The van der Waals surface area contributed by atoms with Gasteiger partial charge >= 0.3 is 6.01 Å². The zero-order valence-electron chi connectivity index (χ0n) is 11.3. The molecule has 0 aromatic carbocycles. The van der Waals surface area contributed by atoms with Crippen LogP contribution in [0.25, 0.3) is 0 Å². The van der Waals surface area contributed by atoms with E-state index < -0.39 is 0 Å². The summed E-state index contributed by atoms with van der Waals surface area (Å²) >= 11 is 0. The summed E-state index contributed by atoms with van der Waals surface area (Å²) in [5.74, 6) is 0.602. The van der Waals surface area contributed by atoms with Crippen molar-refractivity contribution in [3.05, 3.63) is 36.0 Å². The normalized spacial score (nSPS) is 12.3. The predicted octanol–water partition coefficient (Wildman–Crippen LogP) is 2.14. The van der Waals surface area contributed by atoms with Crippen LogP contribution >= 0.6 is 0 Å². The summed E-state index contributed by atoms with van der Waals surface area (Å²) in [5.41, 5.74) is 1.12. The average Bonchev–Trinajstić information content (AvgIpc) is 2.92. The molecule has 1 atom stereocenters. The van der Waals surface area contributed by atoms with Crippen LogP contribution in [-0.4, -0.2) is 21.7 Å². The van der Waals surface area contributed by atoms with Crippen LogP contribution in [0.15, 0.2) is 28.9 Å². The molecule has 0 spiro atoms. The Kier molecular flexibility index (Phi) is 4.85. The summed E-state index contributed by atoms with van der Waals surface area (Å²) in [7, 11) is 0. The number of hydrogen-bond acceptors (Lipinski definition) is 6. The monoisotopic (exact) mass is 261 g/mol. The highest BCUT2D eigenvalue weighted by molar-refractivity contribution is 5.22. The molecule has 6 nitrogen and oxygen atoms in total. The number of nitrogens with one attached hydrogen (secondary N) is 2. The van der Waals surface area contributed by atoms with E-state index in [0.717, 1.165) is 18.5 Å². The van der Waals surface area contributed by atoms with Crippen molar-refractivity contribution in [2.24, 2.45) is 0 Å². The van der Waals surface area contributed by atoms with Gasteiger partial charge in [0.05, 0.1) is 6.04 Å². The van der Waals surface area contributed by atoms with Gasteiger partial charge in [-0.2, -0.15) is 0 Å². The molecule has 0 aliphatic carbocycles. The Balaban J connectivity index is 1.87. The fourth-order valence-corrected chi connectivity index (χ4v) is 1.61. The smallest absolute Gasteiger partial charge is 0.315 e. The molecule has 102 valence electrons. The Morgan fingerprint density at radius 3 is 2.79 bits per heavy atom. The Hall–Kier alpha value is -1.95. The van der Waals surface area contributed by atoms with Gasteiger partial charge in [0.2, 0.25) is 5.89 Å². The molecule has 6 heteroatoms. The molecule has 0 bridgehead atoms. The van der Waals surface area contributed by atoms with E-state index in [1.807, 2.05) is 19.1 Å². The highest BCUT2D eigenvalue weighted by Gasteiger charge is 2.12. The predicted molar refractivity (Wildman–Crippen MR) is 72.6 cm³/mol. The van der Waals surface area contributed by atoms with Gasteiger partial charge in [-0.05, 0) is 37.6 Å². The fraction of sp³-hybridized carbons (Fsp3) is 0.462. The van der Waals surface area contributed by atoms with Crippen molar-refractivity contribution in [2.75, 3.05) is 11.9 Å². The van der Waals surface area contributed by atoms with Crippen molar-refractivity contribution in [2.45, 2.75) is 32.9 Å². The third-order valence-corrected chi connectivity index (χ3v) is 2.70. The Labute approximate surface area is 112 Å². The van der Waals surface area contributed by atoms with Gasteiger partial charge in [0.1, 0.15) is 0 Å². The number of aromatic nitrogens is 3. The van der Waals surface area contributed by atoms with E-state index in [4.69, 9.17) is 4.42 Å². The number of rotatable bonds is 7. The van der Waals surface area contributed by atoms with Crippen LogP contribution in [0.5, 0.6) is 0 Å². The lowest BCUT2D eigenvalue weighted by Crippen LogP contribution is -2.19. The Morgan fingerprint density at radius 2 is 2.05 bits per heavy atom. The van der Waals surface area contributed by atoms with E-state index in [1.54, 1.807) is 12.4 Å². The zero-order chi connectivity index (χ0) is 13.5. The molecule has 0 fully saturated rings. The first-order valence-electron chi connectivity index (χ1n) is 6.49. The van der Waals surface area contributed by atoms with Gasteiger partial charge in [0, 0.05) is 18.9 Å². The summed E-state index contributed by atoms with van der Waals surface area (Å²) in [6, 6.07) is 4.40. The van der Waals surface area contributed by atoms with E-state index in [2.05, 4.69) is 32.7 Å². The number of nitrogens with zero attached hydrogens (tertiary/aromatic N) is 3. The molecule has 2 aromatic heterocycles. The van der Waals surface area contributed by atoms with Crippen LogP contribution < -0.4 is 10.6 Å². The lowest BCUT2D eigenvalue weighted by molar-refractivity contribution is 0.423. The minimum absolute atomic E-state index is 0.0731. The van der Waals surface area contributed by atoms with Gasteiger partial charge in [-0.3, -0.25) is 4.98 Å². The van der Waals surface area contributed by atoms with Gasteiger partial charge in [-0.1, -0.05) is 12.0 Å². The van der Waals surface area contributed by atoms with Crippen LogP contribution in [-0.2, 0) is 6.54 Å². The molecule has 2 aromatic rings. The third-order valence-electron chi connectivity index (χ3n) is 2.70. The second-order valence-electron chi connectivity index (χ2n) is 4.33. The van der Waals surface area contributed by atoms with Crippen molar-refractivity contribution in [3.8, 4) is 0 Å². The molecular weight excluding hydrogens is 242 g/mol. The molecule has 1 unspecified atom stereocenters. The van der Waals surface area contributed by atoms with Crippen molar-refractivity contribution < 1.29 is 4.42 Å². The standard InChI is InChI=1S/C13H19N5O/c1-3-6-15-10(2)12-17-18-13(19-12)16-9-11-4-7-14-8-5-11/h4-5,7-8,10,15H,3,6,9H2,1-2H3,(H,16,18). The van der Waals surface area contributed by atoms with Gasteiger partial charge in [-0.25, -0.2) is 0 Å². The maximum absolute atomic E-state index is 5.55. The molecule has 0 saturated heterocycles. The molecule has 2 rings (SSSR count). The maximum Gasteiger partial charge on any atom is 0.315 e. The first-order valence-corrected chi connectivity index (χ1v) is 6.49. The quantitative estimate of drug-likeness (QED) is 0.795. The largest absolute Gasteiger partial charge is 0.406 e. The molecule has 0 saturated carbocycles. The first kappa shape index (κ1) is 13.5. The topological polar surface area (TPSA) is 75.9 Å². The summed E-state index contributed by atoms with van der Waals surface area (Å²) in [5, 5.41) is 14.4. The lowest BCUT2D eigenvalue weighted by atomic mass is 10.3. The second-order valence-corrected chi connectivity index (χ2v) is 4.33. The summed E-state index contributed by atoms with van der Waals surface area (Å²) < 4.78 is 5.55. The second kappa shape index (κ2) is 6.84. The summed E-state index contributed by atoms with van der Waals surface area (Å²) in [6.45, 7) is 5.70.